The average molecular weight is 559 g/mol. The lowest BCUT2D eigenvalue weighted by molar-refractivity contribution is -0.152. The zero-order valence-corrected chi connectivity index (χ0v) is 24.1. The van der Waals surface area contributed by atoms with Gasteiger partial charge in [0.25, 0.3) is 5.91 Å². The number of nitrogens with one attached hydrogen (secondary N) is 1. The summed E-state index contributed by atoms with van der Waals surface area (Å²) in [6.45, 7) is 5.36. The summed E-state index contributed by atoms with van der Waals surface area (Å²) in [6.07, 6.45) is 4.64. The molecule has 1 aliphatic rings. The van der Waals surface area contributed by atoms with Crippen molar-refractivity contribution in [1.29, 1.82) is 0 Å². The minimum Gasteiger partial charge on any atom is -0.493 e. The van der Waals surface area contributed by atoms with Crippen LogP contribution in [0.25, 0.3) is 0 Å². The van der Waals surface area contributed by atoms with E-state index in [0.29, 0.717) is 19.3 Å². The van der Waals surface area contributed by atoms with Crippen molar-refractivity contribution in [3.63, 3.8) is 0 Å². The Bertz CT molecular complexity index is 1350. The molecule has 0 spiro atoms. The van der Waals surface area contributed by atoms with E-state index in [1.807, 2.05) is 44.2 Å². The Labute approximate surface area is 241 Å². The van der Waals surface area contributed by atoms with E-state index >= 15 is 0 Å². The summed E-state index contributed by atoms with van der Waals surface area (Å²) in [5, 5.41) is 2.67. The smallest absolute Gasteiger partial charge is 0.328 e. The Balaban J connectivity index is 1.53. The molecule has 1 amide bonds. The second-order valence-electron chi connectivity index (χ2n) is 10.3. The third kappa shape index (κ3) is 6.93. The van der Waals surface area contributed by atoms with E-state index in [0.717, 1.165) is 24.0 Å². The van der Waals surface area contributed by atoms with E-state index in [1.165, 1.54) is 24.9 Å². The first-order valence-electron chi connectivity index (χ1n) is 14.3. The number of esters is 2. The van der Waals surface area contributed by atoms with Crippen molar-refractivity contribution < 1.29 is 28.6 Å². The highest BCUT2D eigenvalue weighted by molar-refractivity contribution is 5.98. The molecule has 8 nitrogen and oxygen atoms in total. The molecule has 4 rings (SSSR count). The number of aryl methyl sites for hydroxylation is 1. The number of methoxy groups -OCH3 is 1. The largest absolute Gasteiger partial charge is 0.493 e. The Morgan fingerprint density at radius 1 is 0.976 bits per heavy atom. The molecule has 3 atom stereocenters. The molecule has 1 N–H and O–H groups in total. The molecule has 2 aromatic carbocycles. The van der Waals surface area contributed by atoms with E-state index < -0.39 is 30.0 Å². The molecule has 41 heavy (non-hydrogen) atoms. The third-order valence-electron chi connectivity index (χ3n) is 7.65. The van der Waals surface area contributed by atoms with Crippen molar-refractivity contribution in [2.45, 2.75) is 70.9 Å². The van der Waals surface area contributed by atoms with Gasteiger partial charge in [-0.2, -0.15) is 0 Å². The van der Waals surface area contributed by atoms with Gasteiger partial charge in [-0.25, -0.2) is 9.78 Å². The highest BCUT2D eigenvalue weighted by Crippen LogP contribution is 2.38. The number of hydrogen-bond donors (Lipinski definition) is 1. The summed E-state index contributed by atoms with van der Waals surface area (Å²) in [6, 6.07) is 18.9. The molecule has 2 unspecified atom stereocenters. The number of carbonyl (C=O) groups is 3. The molecule has 1 heterocycles. The maximum Gasteiger partial charge on any atom is 0.328 e. The average Bonchev–Trinajstić information content (AvgIpc) is 3.17. The standard InChI is InChI=1S/C33H38N2O6/c1-5-22(6-2)33(38)41-30-27(39-4)19-20-34-29(30)31(36)35-21(3)32(37)40-26-18-12-16-23-13-10-11-17-25(23)28(26)24-14-8-7-9-15-24/h7-11,13-15,17,19-22,26,28H,5-6,12,16,18H2,1-4H3,(H,35,36)/t21-,26?,28?/m0/s1. The van der Waals surface area contributed by atoms with Gasteiger partial charge in [0, 0.05) is 18.2 Å². The Morgan fingerprint density at radius 2 is 1.68 bits per heavy atom. The van der Waals surface area contributed by atoms with E-state index in [9.17, 15) is 14.4 Å². The summed E-state index contributed by atoms with van der Waals surface area (Å²) in [5.41, 5.74) is 3.32. The first-order chi connectivity index (χ1) is 19.9. The number of fused-ring (bicyclic) bond motifs is 1. The quantitative estimate of drug-likeness (QED) is 0.254. The first-order valence-corrected chi connectivity index (χ1v) is 14.3. The number of rotatable bonds is 10. The lowest BCUT2D eigenvalue weighted by Crippen LogP contribution is -2.42. The minimum absolute atomic E-state index is 0.0746. The van der Waals surface area contributed by atoms with Crippen LogP contribution in [0.1, 0.15) is 79.6 Å². The van der Waals surface area contributed by atoms with Crippen LogP contribution >= 0.6 is 0 Å². The molecule has 0 saturated heterocycles. The summed E-state index contributed by atoms with van der Waals surface area (Å²) in [5.74, 6) is -2.03. The molecular weight excluding hydrogens is 520 g/mol. The number of nitrogens with zero attached hydrogens (tertiary/aromatic N) is 1. The second kappa shape index (κ2) is 13.9. The number of pyridine rings is 1. The molecule has 8 heteroatoms. The molecular formula is C33H38N2O6. The summed E-state index contributed by atoms with van der Waals surface area (Å²) < 4.78 is 17.1. The van der Waals surface area contributed by atoms with Crippen molar-refractivity contribution in [3.05, 3.63) is 89.2 Å². The van der Waals surface area contributed by atoms with Crippen LogP contribution < -0.4 is 14.8 Å². The fourth-order valence-corrected chi connectivity index (χ4v) is 5.34. The fraction of sp³-hybridized carbons (Fsp3) is 0.394. The second-order valence-corrected chi connectivity index (χ2v) is 10.3. The molecule has 1 aromatic heterocycles. The van der Waals surface area contributed by atoms with Crippen LogP contribution in [-0.2, 0) is 20.7 Å². The topological polar surface area (TPSA) is 104 Å². The van der Waals surface area contributed by atoms with Crippen molar-refractivity contribution in [1.82, 2.24) is 10.3 Å². The van der Waals surface area contributed by atoms with Crippen molar-refractivity contribution >= 4 is 17.8 Å². The van der Waals surface area contributed by atoms with E-state index in [-0.39, 0.29) is 29.0 Å². The van der Waals surface area contributed by atoms with Gasteiger partial charge < -0.3 is 19.5 Å². The van der Waals surface area contributed by atoms with Gasteiger partial charge in [0.2, 0.25) is 5.75 Å². The molecule has 3 aromatic rings. The van der Waals surface area contributed by atoms with Gasteiger partial charge in [0.05, 0.1) is 13.0 Å². The van der Waals surface area contributed by atoms with Gasteiger partial charge in [-0.05, 0) is 55.7 Å². The van der Waals surface area contributed by atoms with Gasteiger partial charge in [0.15, 0.2) is 11.4 Å². The molecule has 216 valence electrons. The number of aromatic nitrogens is 1. The Morgan fingerprint density at radius 3 is 2.39 bits per heavy atom. The van der Waals surface area contributed by atoms with Crippen molar-refractivity contribution in [2.24, 2.45) is 5.92 Å². The van der Waals surface area contributed by atoms with Crippen LogP contribution in [0, 0.1) is 5.92 Å². The zero-order chi connectivity index (χ0) is 29.4. The maximum atomic E-state index is 13.4. The van der Waals surface area contributed by atoms with Gasteiger partial charge in [-0.1, -0.05) is 68.4 Å². The Kier molecular flexibility index (Phi) is 10.1. The highest BCUT2D eigenvalue weighted by atomic mass is 16.6. The van der Waals surface area contributed by atoms with Gasteiger partial charge in [-0.3, -0.25) is 9.59 Å². The predicted octanol–water partition coefficient (Wildman–Crippen LogP) is 5.63. The van der Waals surface area contributed by atoms with Crippen LogP contribution in [0.15, 0.2) is 66.9 Å². The van der Waals surface area contributed by atoms with Crippen LogP contribution in [0.2, 0.25) is 0 Å². The number of hydrogen-bond acceptors (Lipinski definition) is 7. The SMILES string of the molecule is CCC(CC)C(=O)Oc1c(OC)ccnc1C(=O)N[C@@H](C)C(=O)OC1CCCc2ccccc2C1c1ccccc1. The van der Waals surface area contributed by atoms with E-state index in [2.05, 4.69) is 34.6 Å². The van der Waals surface area contributed by atoms with E-state index in [1.54, 1.807) is 6.92 Å². The lowest BCUT2D eigenvalue weighted by atomic mass is 9.84. The fourth-order valence-electron chi connectivity index (χ4n) is 5.34. The van der Waals surface area contributed by atoms with Crippen molar-refractivity contribution in [2.75, 3.05) is 7.11 Å². The molecule has 0 radical (unpaired) electrons. The van der Waals surface area contributed by atoms with Crippen molar-refractivity contribution in [3.8, 4) is 11.5 Å². The first kappa shape index (κ1) is 29.8. The highest BCUT2D eigenvalue weighted by Gasteiger charge is 2.34. The number of benzene rings is 2. The summed E-state index contributed by atoms with van der Waals surface area (Å²) in [4.78, 5) is 43.5. The normalized spacial score (nSPS) is 17.1. The summed E-state index contributed by atoms with van der Waals surface area (Å²) in [7, 11) is 1.42. The minimum atomic E-state index is -0.979. The molecule has 0 bridgehead atoms. The lowest BCUT2D eigenvalue weighted by Gasteiger charge is -2.28. The van der Waals surface area contributed by atoms with Gasteiger partial charge >= 0.3 is 11.9 Å². The number of ether oxygens (including phenoxy) is 3. The summed E-state index contributed by atoms with van der Waals surface area (Å²) >= 11 is 0. The monoisotopic (exact) mass is 558 g/mol. The third-order valence-corrected chi connectivity index (χ3v) is 7.65. The Hall–Kier alpha value is -4.20. The number of amides is 1. The molecule has 1 aliphatic carbocycles. The molecule has 0 saturated carbocycles. The van der Waals surface area contributed by atoms with Crippen LogP contribution in [0.4, 0.5) is 0 Å². The predicted molar refractivity (Wildman–Crippen MR) is 155 cm³/mol. The van der Waals surface area contributed by atoms with Crippen LogP contribution in [0.3, 0.4) is 0 Å². The molecule has 0 aliphatic heterocycles. The number of carbonyl (C=O) groups excluding carboxylic acids is 3. The van der Waals surface area contributed by atoms with Gasteiger partial charge in [0.1, 0.15) is 12.1 Å². The van der Waals surface area contributed by atoms with Gasteiger partial charge in [-0.15, -0.1) is 0 Å². The maximum absolute atomic E-state index is 13.4. The van der Waals surface area contributed by atoms with E-state index in [4.69, 9.17) is 14.2 Å². The van der Waals surface area contributed by atoms with Crippen LogP contribution in [0.5, 0.6) is 11.5 Å². The zero-order valence-electron chi connectivity index (χ0n) is 24.1. The van der Waals surface area contributed by atoms with Crippen LogP contribution in [-0.4, -0.2) is 42.1 Å². The molecule has 0 fully saturated rings.